The quantitative estimate of drug-likeness (QED) is 0.0366. The molecule has 5 nitrogen and oxygen atoms in total. The van der Waals surface area contributed by atoms with Crippen molar-refractivity contribution in [1.82, 2.24) is 5.32 Å². The zero-order chi connectivity index (χ0) is 40.1. The Labute approximate surface area is 343 Å². The fourth-order valence-electron chi connectivity index (χ4n) is 7.73. The molecule has 0 fully saturated rings. The van der Waals surface area contributed by atoms with Crippen molar-refractivity contribution < 1.29 is 20.1 Å². The van der Waals surface area contributed by atoms with Gasteiger partial charge < -0.3 is 20.6 Å². The van der Waals surface area contributed by atoms with E-state index >= 15 is 0 Å². The molecule has 326 valence electrons. The number of amides is 1. The minimum Gasteiger partial charge on any atom is -0.394 e. The van der Waals surface area contributed by atoms with Crippen LogP contribution >= 0.6 is 0 Å². The third-order valence-corrected chi connectivity index (χ3v) is 11.5. The minimum atomic E-state index is -0.746. The van der Waals surface area contributed by atoms with Crippen LogP contribution in [0.5, 0.6) is 0 Å². The lowest BCUT2D eigenvalue weighted by Crippen LogP contribution is -2.46. The standard InChI is InChI=1S/C50H97NO4/c1-3-5-7-9-11-13-15-16-17-18-19-20-21-22-23-24-25-26-27-28-29-30-31-32-34-35-37-39-41-43-47(53)45-50(55)51-48(46-52)49(54)44-42-40-38-36-33-14-12-10-8-6-4-2/h19-20,22-23,47-49,52-54H,3-18,21,24-46H2,1-2H3,(H,51,55)/b20-19-,23-22-. The van der Waals surface area contributed by atoms with Crippen LogP contribution in [0, 0.1) is 0 Å². The number of aliphatic hydroxyl groups excluding tert-OH is 3. The molecule has 4 N–H and O–H groups in total. The van der Waals surface area contributed by atoms with E-state index in [9.17, 15) is 20.1 Å². The summed E-state index contributed by atoms with van der Waals surface area (Å²) in [5, 5.41) is 33.4. The smallest absolute Gasteiger partial charge is 0.222 e. The second kappa shape index (κ2) is 45.5. The van der Waals surface area contributed by atoms with Gasteiger partial charge in [0.2, 0.25) is 5.91 Å². The first kappa shape index (κ1) is 53.8. The van der Waals surface area contributed by atoms with Crippen molar-refractivity contribution in [3.8, 4) is 0 Å². The molecular formula is C50H97NO4. The van der Waals surface area contributed by atoms with Crippen molar-refractivity contribution in [2.75, 3.05) is 6.61 Å². The number of hydrogen-bond donors (Lipinski definition) is 4. The molecule has 0 aliphatic rings. The lowest BCUT2D eigenvalue weighted by Gasteiger charge is -2.23. The van der Waals surface area contributed by atoms with E-state index in [1.165, 1.54) is 199 Å². The maximum atomic E-state index is 12.5. The lowest BCUT2D eigenvalue weighted by atomic mass is 10.0. The second-order valence-electron chi connectivity index (χ2n) is 17.1. The van der Waals surface area contributed by atoms with E-state index in [0.717, 1.165) is 32.1 Å². The average molecular weight is 776 g/mol. The van der Waals surface area contributed by atoms with Crippen LogP contribution in [0.3, 0.4) is 0 Å². The third kappa shape index (κ3) is 42.3. The normalized spacial score (nSPS) is 13.6. The number of carbonyl (C=O) groups is 1. The Morgan fingerprint density at radius 2 is 0.782 bits per heavy atom. The van der Waals surface area contributed by atoms with E-state index < -0.39 is 18.2 Å². The van der Waals surface area contributed by atoms with Crippen LogP contribution in [-0.2, 0) is 4.79 Å². The minimum absolute atomic E-state index is 0.0378. The molecule has 0 aromatic heterocycles. The maximum Gasteiger partial charge on any atom is 0.222 e. The number of carbonyl (C=O) groups excluding carboxylic acids is 1. The maximum absolute atomic E-state index is 12.5. The van der Waals surface area contributed by atoms with Gasteiger partial charge in [-0.15, -0.1) is 0 Å². The van der Waals surface area contributed by atoms with Gasteiger partial charge >= 0.3 is 0 Å². The Bertz CT molecular complexity index is 814. The van der Waals surface area contributed by atoms with E-state index in [0.29, 0.717) is 12.8 Å². The highest BCUT2D eigenvalue weighted by atomic mass is 16.3. The van der Waals surface area contributed by atoms with Gasteiger partial charge in [0.1, 0.15) is 0 Å². The molecule has 1 amide bonds. The summed E-state index contributed by atoms with van der Waals surface area (Å²) < 4.78 is 0. The van der Waals surface area contributed by atoms with Gasteiger partial charge in [-0.2, -0.15) is 0 Å². The fourth-order valence-corrected chi connectivity index (χ4v) is 7.73. The van der Waals surface area contributed by atoms with Gasteiger partial charge in [-0.25, -0.2) is 0 Å². The molecule has 0 aromatic carbocycles. The second-order valence-corrected chi connectivity index (χ2v) is 17.1. The Hall–Kier alpha value is -1.17. The zero-order valence-corrected chi connectivity index (χ0v) is 37.1. The van der Waals surface area contributed by atoms with E-state index in [-0.39, 0.29) is 18.9 Å². The summed E-state index contributed by atoms with van der Waals surface area (Å²) in [5.41, 5.74) is 0. The van der Waals surface area contributed by atoms with Crippen LogP contribution < -0.4 is 5.32 Å². The molecule has 3 unspecified atom stereocenters. The highest BCUT2D eigenvalue weighted by Gasteiger charge is 2.21. The average Bonchev–Trinajstić information content (AvgIpc) is 3.18. The number of allylic oxidation sites excluding steroid dienone is 4. The van der Waals surface area contributed by atoms with E-state index in [2.05, 4.69) is 43.5 Å². The van der Waals surface area contributed by atoms with Crippen LogP contribution in [-0.4, -0.2) is 46.1 Å². The number of unbranched alkanes of at least 4 members (excludes halogenated alkanes) is 32. The van der Waals surface area contributed by atoms with E-state index in [1.807, 2.05) is 0 Å². The van der Waals surface area contributed by atoms with Gasteiger partial charge in [-0.3, -0.25) is 4.79 Å². The summed E-state index contributed by atoms with van der Waals surface area (Å²) >= 11 is 0. The highest BCUT2D eigenvalue weighted by Crippen LogP contribution is 2.17. The van der Waals surface area contributed by atoms with Crippen LogP contribution in [0.4, 0.5) is 0 Å². The molecular weight excluding hydrogens is 679 g/mol. The Morgan fingerprint density at radius 1 is 0.455 bits per heavy atom. The molecule has 0 saturated heterocycles. The zero-order valence-electron chi connectivity index (χ0n) is 37.1. The van der Waals surface area contributed by atoms with Crippen LogP contribution in [0.25, 0.3) is 0 Å². The molecule has 0 aliphatic heterocycles. The van der Waals surface area contributed by atoms with E-state index in [4.69, 9.17) is 0 Å². The molecule has 0 aliphatic carbocycles. The summed E-state index contributed by atoms with van der Waals surface area (Å²) in [7, 11) is 0. The summed E-state index contributed by atoms with van der Waals surface area (Å²) in [6, 6.07) is -0.655. The number of rotatable bonds is 45. The van der Waals surface area contributed by atoms with Crippen LogP contribution in [0.1, 0.15) is 264 Å². The summed E-state index contributed by atoms with van der Waals surface area (Å²) in [5.74, 6) is -0.282. The molecule has 0 saturated carbocycles. The molecule has 0 bridgehead atoms. The Kier molecular flexibility index (Phi) is 44.6. The summed E-state index contributed by atoms with van der Waals surface area (Å²) in [6.45, 7) is 4.26. The Balaban J connectivity index is 3.51. The summed E-state index contributed by atoms with van der Waals surface area (Å²) in [6.07, 6.45) is 56.0. The van der Waals surface area contributed by atoms with Gasteiger partial charge in [-0.1, -0.05) is 237 Å². The van der Waals surface area contributed by atoms with Gasteiger partial charge in [0.25, 0.3) is 0 Å². The Morgan fingerprint density at radius 3 is 1.15 bits per heavy atom. The molecule has 5 heteroatoms. The van der Waals surface area contributed by atoms with Gasteiger partial charge in [0.05, 0.1) is 31.3 Å². The fraction of sp³-hybridized carbons (Fsp3) is 0.900. The highest BCUT2D eigenvalue weighted by molar-refractivity contribution is 5.76. The van der Waals surface area contributed by atoms with Crippen molar-refractivity contribution in [1.29, 1.82) is 0 Å². The number of hydrogen-bond acceptors (Lipinski definition) is 4. The van der Waals surface area contributed by atoms with Crippen molar-refractivity contribution >= 4 is 5.91 Å². The first-order valence-corrected chi connectivity index (χ1v) is 24.6. The van der Waals surface area contributed by atoms with E-state index in [1.54, 1.807) is 0 Å². The largest absolute Gasteiger partial charge is 0.394 e. The molecule has 0 spiro atoms. The van der Waals surface area contributed by atoms with Gasteiger partial charge in [0.15, 0.2) is 0 Å². The molecule has 0 radical (unpaired) electrons. The first-order chi connectivity index (χ1) is 27.0. The molecule has 0 heterocycles. The number of nitrogens with one attached hydrogen (secondary N) is 1. The molecule has 0 aromatic rings. The SMILES string of the molecule is CCCCCCCCCCC/C=C\C/C=C\CCCCCCCCCCCCCCCC(O)CC(=O)NC(CO)C(O)CCCCCCCCCCCCC. The van der Waals surface area contributed by atoms with Crippen molar-refractivity contribution in [3.63, 3.8) is 0 Å². The van der Waals surface area contributed by atoms with Crippen LogP contribution in [0.15, 0.2) is 24.3 Å². The molecule has 0 rings (SSSR count). The predicted octanol–water partition coefficient (Wildman–Crippen LogP) is 14.6. The predicted molar refractivity (Wildman–Crippen MR) is 241 cm³/mol. The monoisotopic (exact) mass is 776 g/mol. The third-order valence-electron chi connectivity index (χ3n) is 11.5. The first-order valence-electron chi connectivity index (χ1n) is 24.6. The van der Waals surface area contributed by atoms with Crippen molar-refractivity contribution in [2.24, 2.45) is 0 Å². The van der Waals surface area contributed by atoms with Gasteiger partial charge in [-0.05, 0) is 44.9 Å². The summed E-state index contributed by atoms with van der Waals surface area (Å²) in [4.78, 5) is 12.5. The van der Waals surface area contributed by atoms with Crippen LogP contribution in [0.2, 0.25) is 0 Å². The molecule has 3 atom stereocenters. The van der Waals surface area contributed by atoms with Gasteiger partial charge in [0, 0.05) is 0 Å². The van der Waals surface area contributed by atoms with Crippen molar-refractivity contribution in [2.45, 2.75) is 283 Å². The number of aliphatic hydroxyl groups is 3. The lowest BCUT2D eigenvalue weighted by molar-refractivity contribution is -0.125. The van der Waals surface area contributed by atoms with Crippen molar-refractivity contribution in [3.05, 3.63) is 24.3 Å². The topological polar surface area (TPSA) is 89.8 Å². The molecule has 55 heavy (non-hydrogen) atoms.